The van der Waals surface area contributed by atoms with Gasteiger partial charge in [0.05, 0.1) is 0 Å². The first-order chi connectivity index (χ1) is 5.70. The molecule has 0 aromatic heterocycles. The number of aliphatic carboxylic acids is 1. The fraction of sp³-hybridized carbons (Fsp3) is 0.750. The highest BCUT2D eigenvalue weighted by molar-refractivity contribution is 5.78. The molecule has 0 spiro atoms. The summed E-state index contributed by atoms with van der Waals surface area (Å²) in [5, 5.41) is 8.35. The Bertz CT molecular complexity index is 191. The second-order valence-electron chi connectivity index (χ2n) is 2.98. The van der Waals surface area contributed by atoms with Gasteiger partial charge in [-0.05, 0) is 12.8 Å². The lowest BCUT2D eigenvalue weighted by atomic mass is 10.3. The molecule has 1 N–H and O–H groups in total. The molecule has 68 valence electrons. The standard InChI is InChI=1S/C8H13NO3/c10-7-3-1-5-9(7)6-2-4-8(11)12/h1-6H2,(H,11,12). The van der Waals surface area contributed by atoms with Gasteiger partial charge in [-0.1, -0.05) is 0 Å². The molecule has 1 heterocycles. The van der Waals surface area contributed by atoms with E-state index in [0.717, 1.165) is 13.0 Å². The molecule has 0 saturated carbocycles. The molecule has 0 unspecified atom stereocenters. The van der Waals surface area contributed by atoms with Gasteiger partial charge in [0, 0.05) is 25.9 Å². The summed E-state index contributed by atoms with van der Waals surface area (Å²) >= 11 is 0. The summed E-state index contributed by atoms with van der Waals surface area (Å²) in [6.45, 7) is 1.41. The van der Waals surface area contributed by atoms with Gasteiger partial charge in [0.25, 0.3) is 0 Å². The van der Waals surface area contributed by atoms with E-state index in [0.29, 0.717) is 19.4 Å². The Morgan fingerprint density at radius 2 is 2.33 bits per heavy atom. The number of carboxylic acid groups (broad SMARTS) is 1. The predicted molar refractivity (Wildman–Crippen MR) is 42.7 cm³/mol. The van der Waals surface area contributed by atoms with Crippen molar-refractivity contribution in [3.05, 3.63) is 0 Å². The molecule has 4 heteroatoms. The Morgan fingerprint density at radius 1 is 1.58 bits per heavy atom. The van der Waals surface area contributed by atoms with Gasteiger partial charge in [0.2, 0.25) is 5.91 Å². The van der Waals surface area contributed by atoms with E-state index in [-0.39, 0.29) is 12.3 Å². The molecule has 0 bridgehead atoms. The molecule has 1 fully saturated rings. The zero-order chi connectivity index (χ0) is 8.97. The van der Waals surface area contributed by atoms with Crippen LogP contribution in [0.5, 0.6) is 0 Å². The summed E-state index contributed by atoms with van der Waals surface area (Å²) in [7, 11) is 0. The third kappa shape index (κ3) is 2.53. The summed E-state index contributed by atoms with van der Waals surface area (Å²) in [5.74, 6) is -0.623. The van der Waals surface area contributed by atoms with E-state index in [4.69, 9.17) is 5.11 Å². The average molecular weight is 171 g/mol. The van der Waals surface area contributed by atoms with Crippen molar-refractivity contribution in [1.29, 1.82) is 0 Å². The van der Waals surface area contributed by atoms with Crippen LogP contribution in [0.3, 0.4) is 0 Å². The summed E-state index contributed by atoms with van der Waals surface area (Å²) in [5.41, 5.74) is 0. The molecule has 1 amide bonds. The fourth-order valence-corrected chi connectivity index (χ4v) is 1.36. The molecule has 0 aromatic rings. The lowest BCUT2D eigenvalue weighted by Crippen LogP contribution is -2.25. The van der Waals surface area contributed by atoms with Crippen molar-refractivity contribution in [2.75, 3.05) is 13.1 Å². The summed E-state index contributed by atoms with van der Waals surface area (Å²) in [4.78, 5) is 22.9. The largest absolute Gasteiger partial charge is 0.481 e. The second kappa shape index (κ2) is 4.09. The number of carbonyl (C=O) groups is 2. The Labute approximate surface area is 71.2 Å². The molecule has 0 aliphatic carbocycles. The van der Waals surface area contributed by atoms with E-state index < -0.39 is 5.97 Å². The van der Waals surface area contributed by atoms with Crippen LogP contribution in [-0.2, 0) is 9.59 Å². The molecule has 12 heavy (non-hydrogen) atoms. The van der Waals surface area contributed by atoms with Crippen LogP contribution in [0.1, 0.15) is 25.7 Å². The quantitative estimate of drug-likeness (QED) is 0.669. The normalized spacial score (nSPS) is 17.0. The molecular weight excluding hydrogens is 158 g/mol. The zero-order valence-electron chi connectivity index (χ0n) is 6.95. The van der Waals surface area contributed by atoms with Crippen LogP contribution in [0.2, 0.25) is 0 Å². The van der Waals surface area contributed by atoms with Crippen molar-refractivity contribution in [2.24, 2.45) is 0 Å². The number of likely N-dealkylation sites (tertiary alicyclic amines) is 1. The molecule has 1 rings (SSSR count). The Morgan fingerprint density at radius 3 is 2.83 bits per heavy atom. The van der Waals surface area contributed by atoms with Gasteiger partial charge in [0.15, 0.2) is 0 Å². The van der Waals surface area contributed by atoms with Crippen molar-refractivity contribution < 1.29 is 14.7 Å². The van der Waals surface area contributed by atoms with Crippen molar-refractivity contribution >= 4 is 11.9 Å². The topological polar surface area (TPSA) is 57.6 Å². The van der Waals surface area contributed by atoms with Crippen LogP contribution in [0, 0.1) is 0 Å². The number of hydrogen-bond donors (Lipinski definition) is 1. The van der Waals surface area contributed by atoms with Gasteiger partial charge < -0.3 is 10.0 Å². The van der Waals surface area contributed by atoms with Crippen molar-refractivity contribution in [3.63, 3.8) is 0 Å². The molecular formula is C8H13NO3. The molecule has 0 radical (unpaired) electrons. The van der Waals surface area contributed by atoms with E-state index in [1.165, 1.54) is 0 Å². The summed E-state index contributed by atoms with van der Waals surface area (Å²) < 4.78 is 0. The number of hydrogen-bond acceptors (Lipinski definition) is 2. The Hall–Kier alpha value is -1.06. The maximum Gasteiger partial charge on any atom is 0.303 e. The van der Waals surface area contributed by atoms with Crippen LogP contribution in [0.4, 0.5) is 0 Å². The van der Waals surface area contributed by atoms with E-state index in [9.17, 15) is 9.59 Å². The minimum Gasteiger partial charge on any atom is -0.481 e. The van der Waals surface area contributed by atoms with E-state index in [1.54, 1.807) is 4.90 Å². The lowest BCUT2D eigenvalue weighted by molar-refractivity contribution is -0.137. The third-order valence-electron chi connectivity index (χ3n) is 1.99. The van der Waals surface area contributed by atoms with Crippen LogP contribution in [-0.4, -0.2) is 35.0 Å². The van der Waals surface area contributed by atoms with E-state index in [2.05, 4.69) is 0 Å². The minimum absolute atomic E-state index is 0.157. The smallest absolute Gasteiger partial charge is 0.303 e. The van der Waals surface area contributed by atoms with Crippen LogP contribution in [0.25, 0.3) is 0 Å². The highest BCUT2D eigenvalue weighted by Crippen LogP contribution is 2.10. The van der Waals surface area contributed by atoms with E-state index in [1.807, 2.05) is 0 Å². The van der Waals surface area contributed by atoms with Gasteiger partial charge in [-0.2, -0.15) is 0 Å². The molecule has 1 saturated heterocycles. The molecule has 1 aliphatic rings. The Kier molecular flexibility index (Phi) is 3.08. The SMILES string of the molecule is O=C(O)CCCN1CCCC1=O. The molecule has 0 aromatic carbocycles. The number of amides is 1. The maximum atomic E-state index is 11.0. The monoisotopic (exact) mass is 171 g/mol. The van der Waals surface area contributed by atoms with Gasteiger partial charge in [-0.3, -0.25) is 9.59 Å². The highest BCUT2D eigenvalue weighted by Gasteiger charge is 2.19. The van der Waals surface area contributed by atoms with Gasteiger partial charge in [-0.25, -0.2) is 0 Å². The van der Waals surface area contributed by atoms with E-state index >= 15 is 0 Å². The first-order valence-electron chi connectivity index (χ1n) is 4.20. The lowest BCUT2D eigenvalue weighted by Gasteiger charge is -2.13. The van der Waals surface area contributed by atoms with Gasteiger partial charge in [0.1, 0.15) is 0 Å². The summed E-state index contributed by atoms with van der Waals surface area (Å²) in [6, 6.07) is 0. The Balaban J connectivity index is 2.14. The second-order valence-corrected chi connectivity index (χ2v) is 2.98. The fourth-order valence-electron chi connectivity index (χ4n) is 1.36. The molecule has 0 atom stereocenters. The first kappa shape index (κ1) is 9.03. The first-order valence-corrected chi connectivity index (χ1v) is 4.20. The maximum absolute atomic E-state index is 11.0. The van der Waals surface area contributed by atoms with Gasteiger partial charge in [-0.15, -0.1) is 0 Å². The van der Waals surface area contributed by atoms with Crippen molar-refractivity contribution in [3.8, 4) is 0 Å². The van der Waals surface area contributed by atoms with Crippen LogP contribution >= 0.6 is 0 Å². The van der Waals surface area contributed by atoms with Crippen molar-refractivity contribution in [2.45, 2.75) is 25.7 Å². The number of nitrogens with zero attached hydrogens (tertiary/aromatic N) is 1. The number of carbonyl (C=O) groups excluding carboxylic acids is 1. The van der Waals surface area contributed by atoms with Gasteiger partial charge >= 0.3 is 5.97 Å². The number of carboxylic acids is 1. The van der Waals surface area contributed by atoms with Crippen LogP contribution in [0.15, 0.2) is 0 Å². The van der Waals surface area contributed by atoms with Crippen LogP contribution < -0.4 is 0 Å². The predicted octanol–water partition coefficient (Wildman–Crippen LogP) is 0.474. The molecule has 1 aliphatic heterocycles. The third-order valence-corrected chi connectivity index (χ3v) is 1.99. The summed E-state index contributed by atoms with van der Waals surface area (Å²) in [6.07, 6.45) is 2.28. The molecule has 4 nitrogen and oxygen atoms in total. The number of rotatable bonds is 4. The van der Waals surface area contributed by atoms with Crippen molar-refractivity contribution in [1.82, 2.24) is 4.90 Å². The zero-order valence-corrected chi connectivity index (χ0v) is 6.95. The highest BCUT2D eigenvalue weighted by atomic mass is 16.4. The minimum atomic E-state index is -0.790. The average Bonchev–Trinajstić information content (AvgIpc) is 2.36.